The number of aromatic nitrogens is 2. The van der Waals surface area contributed by atoms with Gasteiger partial charge < -0.3 is 9.73 Å². The first kappa shape index (κ1) is 20.1. The van der Waals surface area contributed by atoms with Crippen molar-refractivity contribution in [1.29, 1.82) is 0 Å². The fourth-order valence-electron chi connectivity index (χ4n) is 2.94. The van der Waals surface area contributed by atoms with E-state index in [1.807, 2.05) is 43.3 Å². The van der Waals surface area contributed by atoms with Crippen LogP contribution < -0.4 is 5.32 Å². The van der Waals surface area contributed by atoms with Gasteiger partial charge >= 0.3 is 0 Å². The maximum Gasteiger partial charge on any atom is 0.234 e. The first-order chi connectivity index (χ1) is 14.4. The summed E-state index contributed by atoms with van der Waals surface area (Å²) in [5, 5.41) is 3.33. The van der Waals surface area contributed by atoms with Crippen LogP contribution in [0.2, 0.25) is 5.02 Å². The van der Waals surface area contributed by atoms with Crippen LogP contribution in [0, 0.1) is 6.92 Å². The van der Waals surface area contributed by atoms with Gasteiger partial charge in [0.15, 0.2) is 0 Å². The summed E-state index contributed by atoms with van der Waals surface area (Å²) in [6, 6.07) is 17.1. The van der Waals surface area contributed by atoms with Crippen LogP contribution in [0.1, 0.15) is 11.1 Å². The predicted octanol–water partition coefficient (Wildman–Crippen LogP) is 5.14. The number of rotatable bonds is 6. The molecule has 0 unspecified atom stereocenters. The molecule has 0 amide bonds. The highest BCUT2D eigenvalue weighted by atomic mass is 35.5. The van der Waals surface area contributed by atoms with Crippen LogP contribution in [-0.2, 0) is 16.4 Å². The first-order valence-corrected chi connectivity index (χ1v) is 11.0. The second kappa shape index (κ2) is 8.30. The number of halogens is 1. The van der Waals surface area contributed by atoms with Crippen molar-refractivity contribution in [1.82, 2.24) is 9.97 Å². The van der Waals surface area contributed by atoms with Gasteiger partial charge in [0.1, 0.15) is 0 Å². The van der Waals surface area contributed by atoms with Gasteiger partial charge in [-0.05, 0) is 54.4 Å². The highest BCUT2D eigenvalue weighted by Crippen LogP contribution is 2.34. The molecule has 0 aliphatic rings. The number of oxazole rings is 1. The van der Waals surface area contributed by atoms with Crippen molar-refractivity contribution in [2.45, 2.75) is 23.4 Å². The van der Waals surface area contributed by atoms with Crippen molar-refractivity contribution in [2.75, 3.05) is 5.32 Å². The van der Waals surface area contributed by atoms with E-state index in [9.17, 15) is 8.42 Å². The molecule has 152 valence electrons. The number of benzene rings is 2. The summed E-state index contributed by atoms with van der Waals surface area (Å²) in [5.74, 6) is 0.307. The van der Waals surface area contributed by atoms with Gasteiger partial charge in [0.25, 0.3) is 0 Å². The monoisotopic (exact) mass is 439 g/mol. The highest BCUT2D eigenvalue weighted by Gasteiger charge is 2.28. The maximum absolute atomic E-state index is 13.3. The van der Waals surface area contributed by atoms with Gasteiger partial charge in [-0.25, -0.2) is 8.42 Å². The Bertz CT molecular complexity index is 1270. The second-order valence-electron chi connectivity index (χ2n) is 6.64. The number of nitrogens with one attached hydrogen (secondary N) is 1. The molecule has 0 saturated heterocycles. The molecule has 0 spiro atoms. The molecule has 0 aliphatic carbocycles. The number of hydrogen-bond donors (Lipinski definition) is 1. The van der Waals surface area contributed by atoms with E-state index in [1.54, 1.807) is 12.4 Å². The van der Waals surface area contributed by atoms with Crippen molar-refractivity contribution in [3.63, 3.8) is 0 Å². The average Bonchev–Trinajstić information content (AvgIpc) is 3.18. The zero-order valence-corrected chi connectivity index (χ0v) is 17.6. The van der Waals surface area contributed by atoms with E-state index >= 15 is 0 Å². The van der Waals surface area contributed by atoms with Crippen molar-refractivity contribution in [3.05, 3.63) is 89.2 Å². The molecule has 0 aliphatic heterocycles. The van der Waals surface area contributed by atoms with Crippen LogP contribution in [0.4, 0.5) is 5.88 Å². The topological polar surface area (TPSA) is 85.1 Å². The van der Waals surface area contributed by atoms with E-state index in [0.717, 1.165) is 16.7 Å². The molecule has 0 fully saturated rings. The molecule has 6 nitrogen and oxygen atoms in total. The number of aryl methyl sites for hydroxylation is 1. The standard InChI is InChI=1S/C22H18ClN3O3S/c1-15-5-2-3-7-19(15)20-26-22(30(27,28)18-10-8-17(23)9-11-18)21(29-20)25-14-16-6-4-12-24-13-16/h2-13,25H,14H2,1H3. The van der Waals surface area contributed by atoms with Crippen LogP contribution in [0.3, 0.4) is 0 Å². The van der Waals surface area contributed by atoms with Crippen molar-refractivity contribution in [2.24, 2.45) is 0 Å². The molecule has 2 aromatic heterocycles. The number of anilines is 1. The van der Waals surface area contributed by atoms with Crippen molar-refractivity contribution in [3.8, 4) is 11.5 Å². The minimum absolute atomic E-state index is 0.0760. The third-order valence-electron chi connectivity index (χ3n) is 4.53. The average molecular weight is 440 g/mol. The summed E-state index contributed by atoms with van der Waals surface area (Å²) < 4.78 is 32.5. The number of pyridine rings is 1. The summed E-state index contributed by atoms with van der Waals surface area (Å²) in [4.78, 5) is 8.51. The van der Waals surface area contributed by atoms with Crippen LogP contribution in [0.5, 0.6) is 0 Å². The normalized spacial score (nSPS) is 11.4. The number of nitrogens with zero attached hydrogens (tertiary/aromatic N) is 2. The Hall–Kier alpha value is -3.16. The predicted molar refractivity (Wildman–Crippen MR) is 115 cm³/mol. The van der Waals surface area contributed by atoms with E-state index in [-0.39, 0.29) is 21.7 Å². The van der Waals surface area contributed by atoms with Gasteiger partial charge in [0.05, 0.1) is 4.90 Å². The molecule has 1 N–H and O–H groups in total. The summed E-state index contributed by atoms with van der Waals surface area (Å²) in [7, 11) is -3.93. The zero-order chi connectivity index (χ0) is 21.1. The molecule has 4 rings (SSSR count). The van der Waals surface area contributed by atoms with Gasteiger partial charge in [0.2, 0.25) is 26.6 Å². The lowest BCUT2D eigenvalue weighted by Crippen LogP contribution is -2.07. The second-order valence-corrected chi connectivity index (χ2v) is 8.94. The highest BCUT2D eigenvalue weighted by molar-refractivity contribution is 7.91. The lowest BCUT2D eigenvalue weighted by Gasteiger charge is -2.06. The Morgan fingerprint density at radius 2 is 1.80 bits per heavy atom. The van der Waals surface area contributed by atoms with Gasteiger partial charge in [-0.3, -0.25) is 4.98 Å². The first-order valence-electron chi connectivity index (χ1n) is 9.15. The van der Waals surface area contributed by atoms with Crippen LogP contribution in [0.25, 0.3) is 11.5 Å². The summed E-state index contributed by atoms with van der Waals surface area (Å²) in [6.45, 7) is 2.25. The lowest BCUT2D eigenvalue weighted by atomic mass is 10.1. The number of sulfone groups is 1. The van der Waals surface area contributed by atoms with E-state index in [2.05, 4.69) is 15.3 Å². The lowest BCUT2D eigenvalue weighted by molar-refractivity contribution is 0.576. The summed E-state index contributed by atoms with van der Waals surface area (Å²) >= 11 is 5.91. The van der Waals surface area contributed by atoms with E-state index in [4.69, 9.17) is 16.0 Å². The smallest absolute Gasteiger partial charge is 0.234 e. The Morgan fingerprint density at radius 3 is 2.50 bits per heavy atom. The zero-order valence-electron chi connectivity index (χ0n) is 16.0. The minimum Gasteiger partial charge on any atom is -0.419 e. The largest absolute Gasteiger partial charge is 0.419 e. The third-order valence-corrected chi connectivity index (χ3v) is 6.46. The third kappa shape index (κ3) is 4.08. The van der Waals surface area contributed by atoms with E-state index in [1.165, 1.54) is 24.3 Å². The van der Waals surface area contributed by atoms with Gasteiger partial charge in [-0.1, -0.05) is 35.9 Å². The van der Waals surface area contributed by atoms with Gasteiger partial charge in [-0.2, -0.15) is 4.98 Å². The van der Waals surface area contributed by atoms with E-state index in [0.29, 0.717) is 11.6 Å². The molecule has 2 heterocycles. The SMILES string of the molecule is Cc1ccccc1-c1nc(S(=O)(=O)c2ccc(Cl)cc2)c(NCc2cccnc2)o1. The molecule has 8 heteroatoms. The molecule has 2 aromatic carbocycles. The molecule has 0 saturated carbocycles. The Balaban J connectivity index is 1.79. The quantitative estimate of drug-likeness (QED) is 0.447. The van der Waals surface area contributed by atoms with Crippen molar-refractivity contribution >= 4 is 27.3 Å². The molecule has 30 heavy (non-hydrogen) atoms. The summed E-state index contributed by atoms with van der Waals surface area (Å²) in [6.07, 6.45) is 3.36. The molecule has 0 atom stereocenters. The Morgan fingerprint density at radius 1 is 1.03 bits per heavy atom. The number of hydrogen-bond acceptors (Lipinski definition) is 6. The Kier molecular flexibility index (Phi) is 5.57. The fourth-order valence-corrected chi connectivity index (χ4v) is 4.34. The fraction of sp³-hybridized carbons (Fsp3) is 0.0909. The van der Waals surface area contributed by atoms with Gasteiger partial charge in [-0.15, -0.1) is 0 Å². The van der Waals surface area contributed by atoms with Crippen LogP contribution >= 0.6 is 11.6 Å². The van der Waals surface area contributed by atoms with E-state index < -0.39 is 9.84 Å². The van der Waals surface area contributed by atoms with Crippen molar-refractivity contribution < 1.29 is 12.8 Å². The summed E-state index contributed by atoms with van der Waals surface area (Å²) in [5.41, 5.74) is 2.52. The molecule has 0 bridgehead atoms. The molecular weight excluding hydrogens is 422 g/mol. The Labute approximate surface area is 179 Å². The molecular formula is C22H18ClN3O3S. The van der Waals surface area contributed by atoms with Crippen LogP contribution in [-0.4, -0.2) is 18.4 Å². The molecule has 4 aromatic rings. The maximum atomic E-state index is 13.3. The minimum atomic E-state index is -3.93. The van der Waals surface area contributed by atoms with Crippen LogP contribution in [0.15, 0.2) is 87.4 Å². The van der Waals surface area contributed by atoms with Gasteiger partial charge in [0, 0.05) is 29.5 Å². The molecule has 0 radical (unpaired) electrons.